The molecule has 4 rings (SSSR count). The summed E-state index contributed by atoms with van der Waals surface area (Å²) in [6, 6.07) is 0.903. The number of aromatic nitrogens is 5. The average molecular weight is 444 g/mol. The van der Waals surface area contributed by atoms with E-state index in [-0.39, 0.29) is 23.4 Å². The fourth-order valence-electron chi connectivity index (χ4n) is 3.33. The number of rotatable bonds is 4. The van der Waals surface area contributed by atoms with Gasteiger partial charge >= 0.3 is 6.18 Å². The number of hydrogen-bond donors (Lipinski definition) is 3. The molecule has 3 aromatic rings. The fraction of sp³-hybridized carbons (Fsp3) is 0.412. The summed E-state index contributed by atoms with van der Waals surface area (Å²) in [5.74, 6) is -3.50. The molecular weight excluding hydrogens is 427 g/mol. The standard InChI is InChI=1S/C17H17F5N8O/c1-29-7-11(13(28-29)17(20,21)22)26-15(31)10-6-24-30-3-2-12(27-14(10)30)25-9-4-16(18,19)8-23-5-9/h2-3,6-7,9,23H,4-5,8H2,1H3,(H,25,27)(H,26,31)/t9-/m1/s1. The molecule has 0 aliphatic carbocycles. The maximum Gasteiger partial charge on any atom is 0.437 e. The Morgan fingerprint density at radius 1 is 1.35 bits per heavy atom. The van der Waals surface area contributed by atoms with Gasteiger partial charge in [0.2, 0.25) is 0 Å². The van der Waals surface area contributed by atoms with Crippen molar-refractivity contribution in [2.24, 2.45) is 7.05 Å². The monoisotopic (exact) mass is 444 g/mol. The molecule has 0 aromatic carbocycles. The number of piperidine rings is 1. The Hall–Kier alpha value is -3.29. The molecule has 1 aliphatic heterocycles. The first kappa shape index (κ1) is 21.0. The van der Waals surface area contributed by atoms with Crippen molar-refractivity contribution in [3.63, 3.8) is 0 Å². The Balaban J connectivity index is 1.57. The van der Waals surface area contributed by atoms with Crippen LogP contribution in [0, 0.1) is 0 Å². The van der Waals surface area contributed by atoms with E-state index in [9.17, 15) is 26.7 Å². The van der Waals surface area contributed by atoms with Crippen molar-refractivity contribution in [1.82, 2.24) is 29.7 Å². The fourth-order valence-corrected chi connectivity index (χ4v) is 3.33. The number of carbonyl (C=O) groups excluding carboxylic acids is 1. The van der Waals surface area contributed by atoms with Gasteiger partial charge in [0.25, 0.3) is 11.8 Å². The van der Waals surface area contributed by atoms with Crippen molar-refractivity contribution in [1.29, 1.82) is 0 Å². The second-order valence-electron chi connectivity index (χ2n) is 7.19. The van der Waals surface area contributed by atoms with E-state index in [1.165, 1.54) is 23.8 Å². The Bertz CT molecular complexity index is 1120. The summed E-state index contributed by atoms with van der Waals surface area (Å²) in [4.78, 5) is 16.9. The van der Waals surface area contributed by atoms with Crippen LogP contribution < -0.4 is 16.0 Å². The highest BCUT2D eigenvalue weighted by atomic mass is 19.4. The molecular formula is C17H17F5N8O. The van der Waals surface area contributed by atoms with Crippen LogP contribution in [-0.2, 0) is 13.2 Å². The third-order valence-corrected chi connectivity index (χ3v) is 4.63. The highest BCUT2D eigenvalue weighted by Crippen LogP contribution is 2.33. The second kappa shape index (κ2) is 7.44. The molecule has 3 N–H and O–H groups in total. The number of carbonyl (C=O) groups is 1. The molecule has 0 radical (unpaired) electrons. The number of nitrogens with zero attached hydrogens (tertiary/aromatic N) is 5. The predicted octanol–water partition coefficient (Wildman–Crippen LogP) is 2.14. The lowest BCUT2D eigenvalue weighted by Gasteiger charge is -2.30. The number of anilines is 2. The van der Waals surface area contributed by atoms with Crippen molar-refractivity contribution in [3.05, 3.63) is 35.9 Å². The molecule has 14 heteroatoms. The minimum atomic E-state index is -4.75. The second-order valence-corrected chi connectivity index (χ2v) is 7.19. The zero-order valence-corrected chi connectivity index (χ0v) is 16.0. The number of amides is 1. The van der Waals surface area contributed by atoms with Gasteiger partial charge in [0.15, 0.2) is 11.3 Å². The van der Waals surface area contributed by atoms with Crippen LogP contribution in [0.25, 0.3) is 5.65 Å². The first-order valence-electron chi connectivity index (χ1n) is 9.13. The van der Waals surface area contributed by atoms with E-state index < -0.39 is 42.0 Å². The van der Waals surface area contributed by atoms with Gasteiger partial charge in [-0.2, -0.15) is 23.4 Å². The van der Waals surface area contributed by atoms with Crippen molar-refractivity contribution in [2.75, 3.05) is 23.7 Å². The van der Waals surface area contributed by atoms with E-state index in [0.717, 1.165) is 17.1 Å². The highest BCUT2D eigenvalue weighted by Gasteiger charge is 2.38. The zero-order chi connectivity index (χ0) is 22.4. The van der Waals surface area contributed by atoms with Crippen LogP contribution in [0.15, 0.2) is 24.7 Å². The Morgan fingerprint density at radius 3 is 2.84 bits per heavy atom. The molecule has 0 spiro atoms. The molecule has 0 unspecified atom stereocenters. The predicted molar refractivity (Wildman–Crippen MR) is 99.0 cm³/mol. The molecule has 1 fully saturated rings. The highest BCUT2D eigenvalue weighted by molar-refractivity contribution is 6.08. The number of alkyl halides is 5. The number of hydrogen-bond acceptors (Lipinski definition) is 6. The van der Waals surface area contributed by atoms with Gasteiger partial charge in [-0.25, -0.2) is 18.3 Å². The molecule has 0 saturated carbocycles. The summed E-state index contributed by atoms with van der Waals surface area (Å²) in [7, 11) is 1.30. The van der Waals surface area contributed by atoms with Crippen LogP contribution >= 0.6 is 0 Å². The zero-order valence-electron chi connectivity index (χ0n) is 16.0. The SMILES string of the molecule is Cn1cc(NC(=O)c2cnn3ccc(N[C@H]4CNCC(F)(F)C4)nc23)c(C(F)(F)F)n1. The molecule has 9 nitrogen and oxygen atoms in total. The average Bonchev–Trinajstić information content (AvgIpc) is 3.23. The normalized spacial score (nSPS) is 18.8. The van der Waals surface area contributed by atoms with Crippen molar-refractivity contribution >= 4 is 23.1 Å². The Kier molecular flexibility index (Phi) is 5.03. The third-order valence-electron chi connectivity index (χ3n) is 4.63. The third kappa shape index (κ3) is 4.42. The summed E-state index contributed by atoms with van der Waals surface area (Å²) >= 11 is 0. The van der Waals surface area contributed by atoms with Gasteiger partial charge in [0, 0.05) is 38.4 Å². The number of aryl methyl sites for hydroxylation is 1. The molecule has 3 aromatic heterocycles. The van der Waals surface area contributed by atoms with Gasteiger partial charge in [-0.1, -0.05) is 0 Å². The summed E-state index contributed by atoms with van der Waals surface area (Å²) < 4.78 is 68.7. The molecule has 1 saturated heterocycles. The van der Waals surface area contributed by atoms with Crippen molar-refractivity contribution < 1.29 is 26.7 Å². The first-order valence-corrected chi connectivity index (χ1v) is 9.13. The number of fused-ring (bicyclic) bond motifs is 1. The lowest BCUT2D eigenvalue weighted by atomic mass is 10.0. The summed E-state index contributed by atoms with van der Waals surface area (Å²) in [6.07, 6.45) is -1.50. The summed E-state index contributed by atoms with van der Waals surface area (Å²) in [6.45, 7) is -0.102. The van der Waals surface area contributed by atoms with Gasteiger partial charge in [-0.3, -0.25) is 9.48 Å². The van der Waals surface area contributed by atoms with E-state index in [1.54, 1.807) is 0 Å². The number of nitrogens with one attached hydrogen (secondary N) is 3. The summed E-state index contributed by atoms with van der Waals surface area (Å²) in [5, 5.41) is 15.0. The Morgan fingerprint density at radius 2 is 2.13 bits per heavy atom. The van der Waals surface area contributed by atoms with Crippen LogP contribution in [0.1, 0.15) is 22.5 Å². The first-order chi connectivity index (χ1) is 14.5. The van der Waals surface area contributed by atoms with Crippen LogP contribution in [0.3, 0.4) is 0 Å². The molecule has 0 bridgehead atoms. The molecule has 1 atom stereocenters. The van der Waals surface area contributed by atoms with Crippen molar-refractivity contribution in [2.45, 2.75) is 24.6 Å². The van der Waals surface area contributed by atoms with Gasteiger partial charge in [-0.05, 0) is 6.07 Å². The van der Waals surface area contributed by atoms with Gasteiger partial charge in [0.1, 0.15) is 11.4 Å². The molecule has 4 heterocycles. The van der Waals surface area contributed by atoms with E-state index >= 15 is 0 Å². The smallest absolute Gasteiger partial charge is 0.366 e. The molecule has 1 amide bonds. The van der Waals surface area contributed by atoms with Crippen LogP contribution in [0.2, 0.25) is 0 Å². The minimum absolute atomic E-state index is 0.0514. The van der Waals surface area contributed by atoms with E-state index in [4.69, 9.17) is 0 Å². The summed E-state index contributed by atoms with van der Waals surface area (Å²) in [5.41, 5.74) is -1.78. The van der Waals surface area contributed by atoms with Crippen LogP contribution in [0.4, 0.5) is 33.5 Å². The van der Waals surface area contributed by atoms with Crippen molar-refractivity contribution in [3.8, 4) is 0 Å². The molecule has 1 aliphatic rings. The van der Waals surface area contributed by atoms with E-state index in [1.807, 2.05) is 0 Å². The lowest BCUT2D eigenvalue weighted by molar-refractivity contribution is -0.140. The number of halogens is 5. The van der Waals surface area contributed by atoms with E-state index in [0.29, 0.717) is 6.54 Å². The maximum absolute atomic E-state index is 13.6. The lowest BCUT2D eigenvalue weighted by Crippen LogP contribution is -2.49. The molecule has 166 valence electrons. The molecule has 31 heavy (non-hydrogen) atoms. The minimum Gasteiger partial charge on any atom is -0.366 e. The van der Waals surface area contributed by atoms with Gasteiger partial charge in [-0.15, -0.1) is 0 Å². The van der Waals surface area contributed by atoms with Gasteiger partial charge in [0.05, 0.1) is 18.4 Å². The topological polar surface area (TPSA) is 101 Å². The van der Waals surface area contributed by atoms with Crippen LogP contribution in [0.5, 0.6) is 0 Å². The Labute approximate surface area is 171 Å². The van der Waals surface area contributed by atoms with Crippen LogP contribution in [-0.4, -0.2) is 55.3 Å². The van der Waals surface area contributed by atoms with Gasteiger partial charge < -0.3 is 16.0 Å². The van der Waals surface area contributed by atoms with E-state index in [2.05, 4.69) is 31.1 Å². The quantitative estimate of drug-likeness (QED) is 0.533. The largest absolute Gasteiger partial charge is 0.437 e. The maximum atomic E-state index is 13.6.